The van der Waals surface area contributed by atoms with Crippen molar-refractivity contribution in [2.75, 3.05) is 29.9 Å². The number of benzene rings is 1. The first-order valence-electron chi connectivity index (χ1n) is 11.7. The highest BCUT2D eigenvalue weighted by atomic mass is 35.5. The minimum Gasteiger partial charge on any atom is -0.475 e. The highest BCUT2D eigenvalue weighted by Gasteiger charge is 2.48. The van der Waals surface area contributed by atoms with E-state index in [4.69, 9.17) is 21.5 Å². The molecule has 4 heterocycles. The summed E-state index contributed by atoms with van der Waals surface area (Å²) < 4.78 is 92.6. The van der Waals surface area contributed by atoms with E-state index in [1.165, 1.54) is 24.9 Å². The lowest BCUT2D eigenvalue weighted by atomic mass is 9.71. The van der Waals surface area contributed by atoms with Crippen molar-refractivity contribution in [1.82, 2.24) is 20.1 Å². The van der Waals surface area contributed by atoms with Crippen LogP contribution in [0.3, 0.4) is 0 Å². The Kier molecular flexibility index (Phi) is 7.92. The van der Waals surface area contributed by atoms with Crippen molar-refractivity contribution in [3.05, 3.63) is 69.5 Å². The van der Waals surface area contributed by atoms with Crippen LogP contribution in [-0.4, -0.2) is 63.6 Å². The fraction of sp³-hybridized carbons (Fsp3) is 0.333. The predicted octanol–water partition coefficient (Wildman–Crippen LogP) is 4.01. The molecule has 41 heavy (non-hydrogen) atoms. The van der Waals surface area contributed by atoms with E-state index in [1.807, 2.05) is 0 Å². The number of halogens is 8. The average molecular weight is 609 g/mol. The van der Waals surface area contributed by atoms with Gasteiger partial charge < -0.3 is 15.7 Å². The van der Waals surface area contributed by atoms with E-state index in [9.17, 15) is 26.7 Å². The smallest absolute Gasteiger partial charge is 0.475 e. The highest BCUT2D eigenvalue weighted by Crippen LogP contribution is 2.45. The van der Waals surface area contributed by atoms with Crippen molar-refractivity contribution in [3.63, 3.8) is 0 Å². The number of carboxylic acids is 1. The van der Waals surface area contributed by atoms with Gasteiger partial charge in [0, 0.05) is 49.4 Å². The Hall–Kier alpha value is -3.92. The van der Waals surface area contributed by atoms with Crippen LogP contribution in [0.4, 0.5) is 42.4 Å². The Morgan fingerprint density at radius 2 is 1.80 bits per heavy atom. The molecule has 0 bridgehead atoms. The second-order valence-corrected chi connectivity index (χ2v) is 9.81. The number of alkyl halides is 3. The summed E-state index contributed by atoms with van der Waals surface area (Å²) in [6.45, 7) is 2.31. The maximum Gasteiger partial charge on any atom is 0.490 e. The molecular weight excluding hydrogens is 589 g/mol. The van der Waals surface area contributed by atoms with Crippen molar-refractivity contribution in [3.8, 4) is 0 Å². The maximum absolute atomic E-state index is 15.9. The van der Waals surface area contributed by atoms with E-state index >= 15 is 8.78 Å². The van der Waals surface area contributed by atoms with E-state index in [2.05, 4.69) is 20.7 Å². The molecule has 0 saturated carbocycles. The normalized spacial score (nSPS) is 18.8. The number of anilines is 2. The van der Waals surface area contributed by atoms with Gasteiger partial charge in [0.05, 0.1) is 17.8 Å². The first-order chi connectivity index (χ1) is 19.1. The molecule has 1 saturated heterocycles. The molecule has 1 atom stereocenters. The Labute approximate surface area is 231 Å². The Morgan fingerprint density at radius 1 is 1.17 bits per heavy atom. The molecule has 1 fully saturated rings. The second kappa shape index (κ2) is 10.8. The average Bonchev–Trinajstić information content (AvgIpc) is 3.20. The number of hydrogen-bond acceptors (Lipinski definition) is 6. The van der Waals surface area contributed by atoms with Crippen LogP contribution in [0.5, 0.6) is 0 Å². The van der Waals surface area contributed by atoms with Crippen LogP contribution in [0.15, 0.2) is 24.5 Å². The maximum atomic E-state index is 15.9. The zero-order chi connectivity index (χ0) is 30.4. The molecule has 3 N–H and O–H groups in total. The lowest BCUT2D eigenvalue weighted by Crippen LogP contribution is -2.52. The number of aliphatic carboxylic acids is 1. The number of carbonyl (C=O) groups excluding carboxylic acids is 1. The molecule has 9 nitrogen and oxygen atoms in total. The standard InChI is InChI=1S/C22H19ClF4N6O.C2HF3O2/c1-22(12-3-4-13(24)16(23)17(12)26)9-33(20-14(25)8-32(2)31-20)21(34)11-7-29-19(18(27)15(11)22)30-10-5-28-6-10;3-2(4,5)1(6)7/h3-4,7-8,10,28H,5-6,9H2,1-2H3,(H,29,30);(H,6,7). The number of rotatable bonds is 4. The highest BCUT2D eigenvalue weighted by molar-refractivity contribution is 6.31. The molecule has 1 amide bonds. The number of nitrogens with zero attached hydrogens (tertiary/aromatic N) is 4. The van der Waals surface area contributed by atoms with Gasteiger partial charge in [0.1, 0.15) is 16.7 Å². The minimum atomic E-state index is -5.08. The van der Waals surface area contributed by atoms with Crippen molar-refractivity contribution >= 4 is 35.1 Å². The molecule has 0 spiro atoms. The Balaban J connectivity index is 0.000000493. The number of carboxylic acid groups (broad SMARTS) is 1. The van der Waals surface area contributed by atoms with Crippen molar-refractivity contribution < 1.29 is 45.4 Å². The fourth-order valence-electron chi connectivity index (χ4n) is 4.46. The SMILES string of the molecule is Cn1cc(F)c(N2CC(C)(c3ccc(F)c(Cl)c3F)c3c(cnc(NC4CNC4)c3F)C2=O)n1.O=C(O)C(F)(F)F. The van der Waals surface area contributed by atoms with Crippen LogP contribution in [0.2, 0.25) is 5.02 Å². The third kappa shape index (κ3) is 5.53. The summed E-state index contributed by atoms with van der Waals surface area (Å²) in [5.74, 6) is -7.63. The molecule has 5 rings (SSSR count). The van der Waals surface area contributed by atoms with Gasteiger partial charge in [-0.3, -0.25) is 14.4 Å². The summed E-state index contributed by atoms with van der Waals surface area (Å²) in [5.41, 5.74) is -2.07. The number of pyridine rings is 1. The van der Waals surface area contributed by atoms with Gasteiger partial charge in [-0.2, -0.15) is 18.3 Å². The first-order valence-corrected chi connectivity index (χ1v) is 12.0. The Bertz CT molecular complexity index is 1530. The zero-order valence-electron chi connectivity index (χ0n) is 21.1. The number of nitrogens with one attached hydrogen (secondary N) is 2. The van der Waals surface area contributed by atoms with Crippen molar-refractivity contribution in [1.29, 1.82) is 0 Å². The second-order valence-electron chi connectivity index (χ2n) is 9.43. The van der Waals surface area contributed by atoms with Gasteiger partial charge in [-0.05, 0) is 13.0 Å². The number of carbonyl (C=O) groups is 2. The van der Waals surface area contributed by atoms with Gasteiger partial charge in [-0.25, -0.2) is 27.3 Å². The third-order valence-electron chi connectivity index (χ3n) is 6.54. The summed E-state index contributed by atoms with van der Waals surface area (Å²) in [6.07, 6.45) is -2.84. The van der Waals surface area contributed by atoms with E-state index < -0.39 is 51.8 Å². The number of hydrogen-bond donors (Lipinski definition) is 3. The van der Waals surface area contributed by atoms with Crippen LogP contribution in [0.25, 0.3) is 0 Å². The molecule has 2 aromatic heterocycles. The summed E-state index contributed by atoms with van der Waals surface area (Å²) in [6, 6.07) is 2.04. The number of aromatic nitrogens is 3. The molecule has 220 valence electrons. The molecule has 2 aliphatic heterocycles. The lowest BCUT2D eigenvalue weighted by molar-refractivity contribution is -0.192. The quantitative estimate of drug-likeness (QED) is 0.303. The minimum absolute atomic E-state index is 0.0679. The summed E-state index contributed by atoms with van der Waals surface area (Å²) in [5, 5.41) is 16.4. The molecule has 0 radical (unpaired) electrons. The molecule has 17 heteroatoms. The largest absolute Gasteiger partial charge is 0.490 e. The van der Waals surface area contributed by atoms with Crippen molar-refractivity contribution in [2.24, 2.45) is 7.05 Å². The van der Waals surface area contributed by atoms with Gasteiger partial charge in [0.25, 0.3) is 5.91 Å². The fourth-order valence-corrected chi connectivity index (χ4v) is 4.62. The van der Waals surface area contributed by atoms with Crippen molar-refractivity contribution in [2.45, 2.75) is 24.6 Å². The van der Waals surface area contributed by atoms with Gasteiger partial charge in [0.2, 0.25) is 0 Å². The summed E-state index contributed by atoms with van der Waals surface area (Å²) in [7, 11) is 1.47. The van der Waals surface area contributed by atoms with Gasteiger partial charge in [-0.15, -0.1) is 0 Å². The third-order valence-corrected chi connectivity index (χ3v) is 6.88. The predicted molar refractivity (Wildman–Crippen MR) is 131 cm³/mol. The van der Waals surface area contributed by atoms with Crippen LogP contribution >= 0.6 is 11.6 Å². The monoisotopic (exact) mass is 608 g/mol. The van der Waals surface area contributed by atoms with E-state index in [-0.39, 0.29) is 40.9 Å². The topological polar surface area (TPSA) is 112 Å². The van der Waals surface area contributed by atoms with Gasteiger partial charge >= 0.3 is 12.1 Å². The zero-order valence-corrected chi connectivity index (χ0v) is 21.8. The number of amides is 1. The number of fused-ring (bicyclic) bond motifs is 1. The first kappa shape index (κ1) is 30.0. The molecule has 2 aliphatic rings. The van der Waals surface area contributed by atoms with E-state index in [1.54, 1.807) is 0 Å². The van der Waals surface area contributed by atoms with Crippen LogP contribution in [-0.2, 0) is 17.3 Å². The summed E-state index contributed by atoms with van der Waals surface area (Å²) in [4.78, 5) is 27.3. The van der Waals surface area contributed by atoms with Crippen LogP contribution < -0.4 is 15.5 Å². The molecular formula is C24H20ClF7N6O3. The Morgan fingerprint density at radius 3 is 2.32 bits per heavy atom. The molecule has 1 unspecified atom stereocenters. The summed E-state index contributed by atoms with van der Waals surface area (Å²) >= 11 is 5.84. The van der Waals surface area contributed by atoms with E-state index in [0.29, 0.717) is 13.1 Å². The molecule has 0 aliphatic carbocycles. The van der Waals surface area contributed by atoms with E-state index in [0.717, 1.165) is 23.2 Å². The van der Waals surface area contributed by atoms with Crippen LogP contribution in [0, 0.1) is 23.3 Å². The van der Waals surface area contributed by atoms with Crippen LogP contribution in [0.1, 0.15) is 28.4 Å². The lowest BCUT2D eigenvalue weighted by Gasteiger charge is -2.41. The molecule has 1 aromatic carbocycles. The number of aryl methyl sites for hydroxylation is 1. The van der Waals surface area contributed by atoms with Gasteiger partial charge in [0.15, 0.2) is 23.3 Å². The van der Waals surface area contributed by atoms with Gasteiger partial charge in [-0.1, -0.05) is 17.7 Å². The molecule has 3 aromatic rings.